The van der Waals surface area contributed by atoms with E-state index in [0.717, 1.165) is 28.6 Å². The van der Waals surface area contributed by atoms with Gasteiger partial charge in [-0.15, -0.1) is 11.8 Å². The molecule has 4 aromatic carbocycles. The van der Waals surface area contributed by atoms with Crippen LogP contribution in [0, 0.1) is 10.1 Å². The summed E-state index contributed by atoms with van der Waals surface area (Å²) in [4.78, 5) is 23.5. The molecular formula is C28H24N2O4S2. The molecule has 0 bridgehead atoms. The molecule has 0 aliphatic carbocycles. The van der Waals surface area contributed by atoms with E-state index in [1.165, 1.54) is 17.8 Å². The van der Waals surface area contributed by atoms with Crippen molar-refractivity contribution < 1.29 is 14.8 Å². The number of carboxylic acid groups (broad SMARTS) is 1. The zero-order valence-electron chi connectivity index (χ0n) is 19.2. The topological polar surface area (TPSA) is 92.5 Å². The van der Waals surface area contributed by atoms with E-state index in [9.17, 15) is 20.0 Å². The number of aliphatic carboxylic acids is 1. The number of nitrogens with one attached hydrogen (secondary N) is 1. The molecule has 36 heavy (non-hydrogen) atoms. The zero-order chi connectivity index (χ0) is 25.4. The first-order chi connectivity index (χ1) is 17.5. The molecule has 182 valence electrons. The van der Waals surface area contributed by atoms with Crippen LogP contribution >= 0.6 is 23.7 Å². The summed E-state index contributed by atoms with van der Waals surface area (Å²) in [5, 5.41) is 21.4. The molecule has 0 spiro atoms. The molecule has 0 saturated carbocycles. The molecule has 6 nitrogen and oxygen atoms in total. The molecule has 0 fully saturated rings. The van der Waals surface area contributed by atoms with E-state index in [-0.39, 0.29) is 11.4 Å². The van der Waals surface area contributed by atoms with Crippen LogP contribution in [0.4, 0.5) is 5.69 Å². The number of nitro benzene ring substituents is 1. The summed E-state index contributed by atoms with van der Waals surface area (Å²) in [5.41, 5.74) is 3.02. The predicted octanol–water partition coefficient (Wildman–Crippen LogP) is 6.37. The molecule has 0 saturated heterocycles. The smallest absolute Gasteiger partial charge is 0.322 e. The van der Waals surface area contributed by atoms with E-state index >= 15 is 0 Å². The summed E-state index contributed by atoms with van der Waals surface area (Å²) in [6.45, 7) is 0. The Morgan fingerprint density at radius 1 is 0.806 bits per heavy atom. The van der Waals surface area contributed by atoms with Crippen LogP contribution in [0.25, 0.3) is 0 Å². The molecule has 0 aliphatic heterocycles. The highest BCUT2D eigenvalue weighted by Gasteiger charge is 2.38. The summed E-state index contributed by atoms with van der Waals surface area (Å²) in [7, 11) is 0. The third kappa shape index (κ3) is 5.62. The maximum absolute atomic E-state index is 12.2. The van der Waals surface area contributed by atoms with Crippen molar-refractivity contribution in [2.24, 2.45) is 0 Å². The van der Waals surface area contributed by atoms with Crippen molar-refractivity contribution in [2.45, 2.75) is 15.7 Å². The second-order valence-corrected chi connectivity index (χ2v) is 10.0. The molecule has 0 radical (unpaired) electrons. The fourth-order valence-electron chi connectivity index (χ4n) is 3.96. The number of nitrogens with zero attached hydrogens (tertiary/aromatic N) is 1. The highest BCUT2D eigenvalue weighted by Crippen LogP contribution is 2.48. The summed E-state index contributed by atoms with van der Waals surface area (Å²) < 4.78 is 2.29. The van der Waals surface area contributed by atoms with Crippen LogP contribution in [0.1, 0.15) is 16.7 Å². The van der Waals surface area contributed by atoms with E-state index in [1.54, 1.807) is 18.2 Å². The zero-order valence-corrected chi connectivity index (χ0v) is 20.8. The number of nitro groups is 1. The van der Waals surface area contributed by atoms with Gasteiger partial charge in [-0.05, 0) is 34.7 Å². The van der Waals surface area contributed by atoms with E-state index in [1.807, 2.05) is 54.6 Å². The van der Waals surface area contributed by atoms with Gasteiger partial charge in [0.15, 0.2) is 0 Å². The normalized spacial score (nSPS) is 12.1. The molecule has 1 atom stereocenters. The second-order valence-electron chi connectivity index (χ2n) is 7.93. The van der Waals surface area contributed by atoms with Crippen molar-refractivity contribution in [3.63, 3.8) is 0 Å². The molecule has 0 heterocycles. The fraction of sp³-hybridized carbons (Fsp3) is 0.107. The number of thioether (sulfide) groups is 1. The first-order valence-corrected chi connectivity index (χ1v) is 13.0. The van der Waals surface area contributed by atoms with Gasteiger partial charge < -0.3 is 5.11 Å². The number of benzene rings is 4. The lowest BCUT2D eigenvalue weighted by Crippen LogP contribution is -2.37. The van der Waals surface area contributed by atoms with Crippen molar-refractivity contribution in [2.75, 3.05) is 5.75 Å². The standard InChI is InChI=1S/C28H24N2O4S2/c31-27(32)24(29-36-26-19-11-10-18-25(26)30(33)34)20-35-28(21-12-4-1-5-13-21,22-14-6-2-7-15-22)23-16-8-3-9-17-23/h1-19,24,29H,20H2,(H,31,32)/t24-/m1/s1. The Morgan fingerprint density at radius 2 is 1.25 bits per heavy atom. The SMILES string of the molecule is O=C(O)[C@@H](CSC(c1ccccc1)(c1ccccc1)c1ccccc1)NSc1ccccc1[N+](=O)[O-]. The van der Waals surface area contributed by atoms with Gasteiger partial charge in [0, 0.05) is 11.8 Å². The largest absolute Gasteiger partial charge is 0.480 e. The van der Waals surface area contributed by atoms with Gasteiger partial charge >= 0.3 is 5.97 Å². The molecule has 4 rings (SSSR count). The quantitative estimate of drug-likeness (QED) is 0.104. The first-order valence-electron chi connectivity index (χ1n) is 11.2. The predicted molar refractivity (Wildman–Crippen MR) is 145 cm³/mol. The minimum Gasteiger partial charge on any atom is -0.480 e. The van der Waals surface area contributed by atoms with Gasteiger partial charge in [-0.2, -0.15) is 0 Å². The average molecular weight is 517 g/mol. The Kier molecular flexibility index (Phi) is 8.43. The lowest BCUT2D eigenvalue weighted by atomic mass is 9.84. The Labute approximate surface area is 218 Å². The molecule has 0 aromatic heterocycles. The van der Waals surface area contributed by atoms with Gasteiger partial charge in [0.2, 0.25) is 0 Å². The Hall–Kier alpha value is -3.59. The molecule has 2 N–H and O–H groups in total. The van der Waals surface area contributed by atoms with Crippen molar-refractivity contribution in [1.82, 2.24) is 4.72 Å². The van der Waals surface area contributed by atoms with Gasteiger partial charge in [-0.3, -0.25) is 14.9 Å². The molecule has 0 unspecified atom stereocenters. The molecule has 4 aromatic rings. The molecule has 0 amide bonds. The van der Waals surface area contributed by atoms with Gasteiger partial charge in [0.1, 0.15) is 10.9 Å². The number of hydrogen-bond donors (Lipinski definition) is 2. The number of carbonyl (C=O) groups is 1. The Morgan fingerprint density at radius 3 is 1.69 bits per heavy atom. The second kappa shape index (κ2) is 11.9. The van der Waals surface area contributed by atoms with Crippen molar-refractivity contribution >= 4 is 35.4 Å². The average Bonchev–Trinajstić information content (AvgIpc) is 2.92. The first kappa shape index (κ1) is 25.5. The molecule has 8 heteroatoms. The number of rotatable bonds is 11. The third-order valence-electron chi connectivity index (χ3n) is 5.68. The van der Waals surface area contributed by atoms with Crippen molar-refractivity contribution in [3.8, 4) is 0 Å². The summed E-state index contributed by atoms with van der Waals surface area (Å²) in [6.07, 6.45) is 0. The van der Waals surface area contributed by atoms with Crippen molar-refractivity contribution in [1.29, 1.82) is 0 Å². The van der Waals surface area contributed by atoms with Crippen LogP contribution in [-0.2, 0) is 9.54 Å². The maximum Gasteiger partial charge on any atom is 0.322 e. The van der Waals surface area contributed by atoms with Crippen LogP contribution in [0.15, 0.2) is 120 Å². The third-order valence-corrected chi connectivity index (χ3v) is 8.29. The van der Waals surface area contributed by atoms with Crippen molar-refractivity contribution in [3.05, 3.63) is 142 Å². The van der Waals surface area contributed by atoms with Gasteiger partial charge in [0.05, 0.1) is 9.67 Å². The van der Waals surface area contributed by atoms with Crippen LogP contribution in [0.5, 0.6) is 0 Å². The van der Waals surface area contributed by atoms with Gasteiger partial charge in [-0.25, -0.2) is 4.72 Å². The minimum absolute atomic E-state index is 0.0704. The number of hydrogen-bond acceptors (Lipinski definition) is 6. The van der Waals surface area contributed by atoms with E-state index in [0.29, 0.717) is 4.90 Å². The molecular weight excluding hydrogens is 492 g/mol. The van der Waals surface area contributed by atoms with Crippen LogP contribution in [0.2, 0.25) is 0 Å². The lowest BCUT2D eigenvalue weighted by molar-refractivity contribution is -0.387. The Bertz CT molecular complexity index is 1210. The molecule has 0 aliphatic rings. The van der Waals surface area contributed by atoms with E-state index < -0.39 is 21.7 Å². The maximum atomic E-state index is 12.2. The summed E-state index contributed by atoms with van der Waals surface area (Å²) in [5.74, 6) is -0.821. The summed E-state index contributed by atoms with van der Waals surface area (Å²) >= 11 is 2.48. The van der Waals surface area contributed by atoms with Crippen LogP contribution in [-0.4, -0.2) is 27.8 Å². The lowest BCUT2D eigenvalue weighted by Gasteiger charge is -2.36. The minimum atomic E-state index is -1.03. The highest BCUT2D eigenvalue weighted by atomic mass is 32.2. The van der Waals surface area contributed by atoms with Gasteiger partial charge in [-0.1, -0.05) is 103 Å². The van der Waals surface area contributed by atoms with E-state index in [2.05, 4.69) is 41.1 Å². The number of para-hydroxylation sites is 1. The summed E-state index contributed by atoms with van der Waals surface area (Å²) in [6, 6.07) is 35.4. The van der Waals surface area contributed by atoms with Gasteiger partial charge in [0.25, 0.3) is 5.69 Å². The van der Waals surface area contributed by atoms with Crippen LogP contribution in [0.3, 0.4) is 0 Å². The number of carboxylic acids is 1. The highest BCUT2D eigenvalue weighted by molar-refractivity contribution is 8.01. The monoisotopic (exact) mass is 516 g/mol. The Balaban J connectivity index is 1.69. The van der Waals surface area contributed by atoms with E-state index in [4.69, 9.17) is 0 Å². The van der Waals surface area contributed by atoms with Crippen LogP contribution < -0.4 is 4.72 Å². The fourth-order valence-corrected chi connectivity index (χ4v) is 6.47.